The maximum atomic E-state index is 13.2. The lowest BCUT2D eigenvalue weighted by Crippen LogP contribution is -2.25. The normalized spacial score (nSPS) is 15.3. The van der Waals surface area contributed by atoms with Crippen LogP contribution in [0.3, 0.4) is 0 Å². The Bertz CT molecular complexity index is 344. The first-order valence-electron chi connectivity index (χ1n) is 4.02. The summed E-state index contributed by atoms with van der Waals surface area (Å²) in [6, 6.07) is 1.72. The molecule has 0 spiro atoms. The van der Waals surface area contributed by atoms with Gasteiger partial charge >= 0.3 is 0 Å². The van der Waals surface area contributed by atoms with E-state index in [9.17, 15) is 13.9 Å². The lowest BCUT2D eigenvalue weighted by atomic mass is 10.0. The van der Waals surface area contributed by atoms with Gasteiger partial charge in [-0.3, -0.25) is 0 Å². The molecule has 1 rings (SSSR count). The molecule has 0 unspecified atom stereocenters. The van der Waals surface area contributed by atoms with Crippen LogP contribution >= 0.6 is 11.6 Å². The molecule has 78 valence electrons. The fraction of sp³-hybridized carbons (Fsp3) is 0.333. The van der Waals surface area contributed by atoms with Crippen molar-refractivity contribution < 1.29 is 13.9 Å². The smallest absolute Gasteiger partial charge is 0.177 e. The highest BCUT2D eigenvalue weighted by Gasteiger charge is 2.20. The molecule has 0 radical (unpaired) electrons. The monoisotopic (exact) mass is 221 g/mol. The van der Waals surface area contributed by atoms with Crippen molar-refractivity contribution in [3.63, 3.8) is 0 Å². The van der Waals surface area contributed by atoms with Crippen LogP contribution < -0.4 is 5.73 Å². The molecule has 0 saturated carbocycles. The maximum Gasteiger partial charge on any atom is 0.177 e. The lowest BCUT2D eigenvalue weighted by molar-refractivity contribution is 0.148. The minimum Gasteiger partial charge on any atom is -0.387 e. The number of benzene rings is 1. The van der Waals surface area contributed by atoms with Crippen LogP contribution in [0.25, 0.3) is 0 Å². The van der Waals surface area contributed by atoms with Gasteiger partial charge in [-0.1, -0.05) is 17.7 Å². The minimum atomic E-state index is -1.23. The van der Waals surface area contributed by atoms with E-state index in [1.54, 1.807) is 0 Å². The quantitative estimate of drug-likeness (QED) is 0.751. The highest BCUT2D eigenvalue weighted by molar-refractivity contribution is 6.30. The van der Waals surface area contributed by atoms with E-state index in [1.807, 2.05) is 0 Å². The van der Waals surface area contributed by atoms with Gasteiger partial charge in [0.15, 0.2) is 11.6 Å². The second-order valence-electron chi connectivity index (χ2n) is 3.07. The van der Waals surface area contributed by atoms with Crippen LogP contribution in [0.15, 0.2) is 12.1 Å². The van der Waals surface area contributed by atoms with Crippen LogP contribution in [-0.2, 0) is 0 Å². The molecule has 0 saturated heterocycles. The second kappa shape index (κ2) is 4.21. The second-order valence-corrected chi connectivity index (χ2v) is 3.48. The summed E-state index contributed by atoms with van der Waals surface area (Å²) in [5, 5.41) is 9.10. The summed E-state index contributed by atoms with van der Waals surface area (Å²) in [5.74, 6) is -2.31. The fourth-order valence-corrected chi connectivity index (χ4v) is 1.20. The van der Waals surface area contributed by atoms with Gasteiger partial charge in [0.2, 0.25) is 0 Å². The van der Waals surface area contributed by atoms with E-state index in [0.29, 0.717) is 0 Å². The highest BCUT2D eigenvalue weighted by atomic mass is 35.5. The molecule has 0 aliphatic carbocycles. The van der Waals surface area contributed by atoms with Gasteiger partial charge in [-0.25, -0.2) is 8.78 Å². The molecular formula is C9H10ClF2NO. The van der Waals surface area contributed by atoms with Gasteiger partial charge < -0.3 is 10.8 Å². The minimum absolute atomic E-state index is 0.179. The summed E-state index contributed by atoms with van der Waals surface area (Å²) in [6.45, 7) is 1.50. The predicted octanol–water partition coefficient (Wildman–Crippen LogP) is 2.00. The van der Waals surface area contributed by atoms with E-state index in [1.165, 1.54) is 19.1 Å². The molecule has 5 heteroatoms. The molecule has 2 atom stereocenters. The van der Waals surface area contributed by atoms with Crippen molar-refractivity contribution in [2.24, 2.45) is 5.73 Å². The Morgan fingerprint density at radius 1 is 1.36 bits per heavy atom. The molecule has 0 amide bonds. The van der Waals surface area contributed by atoms with Crippen molar-refractivity contribution in [1.82, 2.24) is 0 Å². The molecule has 0 fully saturated rings. The van der Waals surface area contributed by atoms with Crippen LogP contribution in [0, 0.1) is 11.6 Å². The zero-order valence-corrected chi connectivity index (χ0v) is 8.22. The molecule has 3 N–H and O–H groups in total. The van der Waals surface area contributed by atoms with E-state index in [4.69, 9.17) is 17.3 Å². The molecule has 0 bridgehead atoms. The van der Waals surface area contributed by atoms with Crippen LogP contribution in [-0.4, -0.2) is 11.1 Å². The standard InChI is InChI=1S/C9H10ClF2NO/c1-4(13)9(14)5-2-3-6(10)8(12)7(5)11/h2-4,9,14H,13H2,1H3/t4-,9-/m1/s1. The first-order valence-corrected chi connectivity index (χ1v) is 4.40. The zero-order chi connectivity index (χ0) is 10.9. The number of rotatable bonds is 2. The Kier molecular flexibility index (Phi) is 3.42. The molecular weight excluding hydrogens is 212 g/mol. The molecule has 1 aromatic rings. The molecule has 0 aliphatic heterocycles. The third kappa shape index (κ3) is 2.03. The van der Waals surface area contributed by atoms with Crippen LogP contribution in [0.4, 0.5) is 8.78 Å². The number of nitrogens with two attached hydrogens (primary N) is 1. The molecule has 0 aliphatic rings. The summed E-state index contributed by atoms with van der Waals surface area (Å²) >= 11 is 5.34. The highest BCUT2D eigenvalue weighted by Crippen LogP contribution is 2.25. The van der Waals surface area contributed by atoms with Gasteiger partial charge in [0.25, 0.3) is 0 Å². The van der Waals surface area contributed by atoms with E-state index in [2.05, 4.69) is 0 Å². The molecule has 0 heterocycles. The predicted molar refractivity (Wildman–Crippen MR) is 50.0 cm³/mol. The number of hydrogen-bond acceptors (Lipinski definition) is 2. The number of aliphatic hydroxyl groups is 1. The van der Waals surface area contributed by atoms with E-state index in [0.717, 1.165) is 0 Å². The molecule has 0 aromatic heterocycles. The van der Waals surface area contributed by atoms with Crippen molar-refractivity contribution in [2.75, 3.05) is 0 Å². The van der Waals surface area contributed by atoms with E-state index >= 15 is 0 Å². The largest absolute Gasteiger partial charge is 0.387 e. The van der Waals surface area contributed by atoms with E-state index < -0.39 is 23.8 Å². The van der Waals surface area contributed by atoms with Crippen LogP contribution in [0.5, 0.6) is 0 Å². The Morgan fingerprint density at radius 2 is 1.93 bits per heavy atom. The van der Waals surface area contributed by atoms with Crippen molar-refractivity contribution in [3.8, 4) is 0 Å². The van der Waals surface area contributed by atoms with Gasteiger partial charge in [0.05, 0.1) is 11.1 Å². The molecule has 1 aromatic carbocycles. The maximum absolute atomic E-state index is 13.2. The van der Waals surface area contributed by atoms with E-state index in [-0.39, 0.29) is 10.6 Å². The first-order chi connectivity index (χ1) is 6.45. The Morgan fingerprint density at radius 3 is 2.43 bits per heavy atom. The molecule has 2 nitrogen and oxygen atoms in total. The van der Waals surface area contributed by atoms with Gasteiger partial charge in [-0.15, -0.1) is 0 Å². The zero-order valence-electron chi connectivity index (χ0n) is 7.47. The first kappa shape index (κ1) is 11.4. The third-order valence-electron chi connectivity index (χ3n) is 1.88. The fourth-order valence-electron chi connectivity index (χ4n) is 1.05. The number of aliphatic hydroxyl groups excluding tert-OH is 1. The number of halogens is 3. The summed E-state index contributed by atoms with van der Waals surface area (Å²) < 4.78 is 26.2. The Hall–Kier alpha value is -0.710. The van der Waals surface area contributed by atoms with Crippen molar-refractivity contribution in [1.29, 1.82) is 0 Å². The van der Waals surface area contributed by atoms with Crippen molar-refractivity contribution >= 4 is 11.6 Å². The van der Waals surface area contributed by atoms with Gasteiger partial charge in [0.1, 0.15) is 0 Å². The van der Waals surface area contributed by atoms with Crippen molar-refractivity contribution in [2.45, 2.75) is 19.1 Å². The Labute approximate surface area is 85.3 Å². The Balaban J connectivity index is 3.17. The summed E-state index contributed by atoms with van der Waals surface area (Å²) in [7, 11) is 0. The van der Waals surface area contributed by atoms with Gasteiger partial charge in [-0.05, 0) is 13.0 Å². The van der Waals surface area contributed by atoms with Gasteiger partial charge in [-0.2, -0.15) is 0 Å². The van der Waals surface area contributed by atoms with Crippen molar-refractivity contribution in [3.05, 3.63) is 34.4 Å². The topological polar surface area (TPSA) is 46.2 Å². The lowest BCUT2D eigenvalue weighted by Gasteiger charge is -2.15. The van der Waals surface area contributed by atoms with Crippen LogP contribution in [0.1, 0.15) is 18.6 Å². The summed E-state index contributed by atoms with van der Waals surface area (Å²) in [5.41, 5.74) is 5.17. The third-order valence-corrected chi connectivity index (χ3v) is 2.17. The van der Waals surface area contributed by atoms with Crippen LogP contribution in [0.2, 0.25) is 5.02 Å². The SMILES string of the molecule is C[C@@H](N)[C@@H](O)c1ccc(Cl)c(F)c1F. The average molecular weight is 222 g/mol. The summed E-state index contributed by atoms with van der Waals surface area (Å²) in [6.07, 6.45) is -1.23. The summed E-state index contributed by atoms with van der Waals surface area (Å²) in [4.78, 5) is 0. The molecule has 14 heavy (non-hydrogen) atoms. The number of hydrogen-bond donors (Lipinski definition) is 2. The van der Waals surface area contributed by atoms with Gasteiger partial charge in [0, 0.05) is 11.6 Å². The average Bonchev–Trinajstić information content (AvgIpc) is 2.13.